The van der Waals surface area contributed by atoms with Crippen LogP contribution in [0.1, 0.15) is 34.3 Å². The second kappa shape index (κ2) is 16.7. The third-order valence-electron chi connectivity index (χ3n) is 7.73. The molecule has 9 heteroatoms. The first-order valence-electron chi connectivity index (χ1n) is 15.0. The predicted octanol–water partition coefficient (Wildman–Crippen LogP) is 4.45. The van der Waals surface area contributed by atoms with E-state index < -0.39 is 45.5 Å². The second-order valence-electron chi connectivity index (χ2n) is 11.2. The van der Waals surface area contributed by atoms with Crippen molar-refractivity contribution in [3.05, 3.63) is 144 Å². The van der Waals surface area contributed by atoms with Crippen molar-refractivity contribution in [3.8, 4) is 0 Å². The van der Waals surface area contributed by atoms with Crippen LogP contribution in [0.25, 0.3) is 0 Å². The fraction of sp³-hybridized carbons (Fsp3) is 0.278. The van der Waals surface area contributed by atoms with Crippen LogP contribution in [0.2, 0.25) is 0 Å². The lowest BCUT2D eigenvalue weighted by Gasteiger charge is -2.25. The summed E-state index contributed by atoms with van der Waals surface area (Å²) in [5.41, 5.74) is 3.16. The van der Waals surface area contributed by atoms with E-state index in [1.165, 1.54) is 0 Å². The molecule has 4 aromatic carbocycles. The molecule has 0 bridgehead atoms. The second-order valence-corrected chi connectivity index (χ2v) is 13.5. The Bertz CT molecular complexity index is 1470. The smallest absolute Gasteiger partial charge is 0.224 e. The van der Waals surface area contributed by atoms with Gasteiger partial charge in [-0.3, -0.25) is 14.4 Å². The van der Waals surface area contributed by atoms with Gasteiger partial charge in [-0.1, -0.05) is 121 Å². The number of carbonyl (C=O) groups is 2. The Balaban J connectivity index is 1.56. The Labute approximate surface area is 265 Å². The molecule has 2 amide bonds. The zero-order valence-corrected chi connectivity index (χ0v) is 25.9. The predicted molar refractivity (Wildman–Crippen MR) is 177 cm³/mol. The van der Waals surface area contributed by atoms with Crippen molar-refractivity contribution in [1.82, 2.24) is 10.6 Å². The molecule has 0 saturated carbocycles. The van der Waals surface area contributed by atoms with Crippen molar-refractivity contribution in [2.75, 3.05) is 24.7 Å². The molecule has 0 saturated heterocycles. The van der Waals surface area contributed by atoms with Gasteiger partial charge in [-0.05, 0) is 35.1 Å². The highest BCUT2D eigenvalue weighted by molar-refractivity contribution is 7.92. The fourth-order valence-corrected chi connectivity index (χ4v) is 7.36. The molecule has 0 aliphatic rings. The van der Waals surface area contributed by atoms with E-state index in [-0.39, 0.29) is 37.6 Å². The lowest BCUT2D eigenvalue weighted by atomic mass is 9.99. The molecule has 5 atom stereocenters. The molecule has 2 unspecified atom stereocenters. The summed E-state index contributed by atoms with van der Waals surface area (Å²) in [6, 6.07) is 35.5. The minimum atomic E-state index is -3.47. The molecule has 0 heterocycles. The minimum Gasteiger partial charge on any atom is -0.394 e. The van der Waals surface area contributed by atoms with Crippen LogP contribution in [0.5, 0.6) is 0 Å². The monoisotopic (exact) mass is 627 g/mol. The summed E-state index contributed by atoms with van der Waals surface area (Å²) in [7, 11) is -3.47. The van der Waals surface area contributed by atoms with Crippen molar-refractivity contribution in [3.63, 3.8) is 0 Å². The summed E-state index contributed by atoms with van der Waals surface area (Å²) in [6.45, 7) is -0.645. The summed E-state index contributed by atoms with van der Waals surface area (Å²) in [6.07, 6.45) is 0.483. The zero-order chi connectivity index (χ0) is 32.1. The third kappa shape index (κ3) is 10.4. The van der Waals surface area contributed by atoms with Crippen LogP contribution < -0.4 is 10.6 Å². The first-order chi connectivity index (χ1) is 21.8. The summed E-state index contributed by atoms with van der Waals surface area (Å²) in [4.78, 5) is 27.4. The normalized spacial score (nSPS) is 15.2. The van der Waals surface area contributed by atoms with E-state index >= 15 is 0 Å². The maximum atomic E-state index is 14.1. The van der Waals surface area contributed by atoms with Gasteiger partial charge in [0, 0.05) is 21.2 Å². The largest absolute Gasteiger partial charge is 0.394 e. The van der Waals surface area contributed by atoms with E-state index in [0.717, 1.165) is 22.3 Å². The Morgan fingerprint density at radius 1 is 0.578 bits per heavy atom. The van der Waals surface area contributed by atoms with Crippen LogP contribution >= 0.6 is 0 Å². The number of nitrogens with one attached hydrogen (secondary N) is 3. The van der Waals surface area contributed by atoms with Crippen molar-refractivity contribution >= 4 is 21.5 Å². The third-order valence-corrected chi connectivity index (χ3v) is 9.62. The Morgan fingerprint density at radius 2 is 0.889 bits per heavy atom. The average molecular weight is 628 g/mol. The molecule has 5 N–H and O–H groups in total. The highest BCUT2D eigenvalue weighted by Crippen LogP contribution is 2.21. The molecule has 0 aliphatic heterocycles. The van der Waals surface area contributed by atoms with Gasteiger partial charge in [0.15, 0.2) is 0 Å². The average Bonchev–Trinajstić information content (AvgIpc) is 3.06. The van der Waals surface area contributed by atoms with E-state index in [1.807, 2.05) is 121 Å². The highest BCUT2D eigenvalue weighted by Gasteiger charge is 2.31. The van der Waals surface area contributed by atoms with Gasteiger partial charge in [0.2, 0.25) is 11.8 Å². The van der Waals surface area contributed by atoms with E-state index in [1.54, 1.807) is 0 Å². The Kier molecular flexibility index (Phi) is 12.4. The molecule has 0 fully saturated rings. The Morgan fingerprint density at radius 3 is 1.20 bits per heavy atom. The summed E-state index contributed by atoms with van der Waals surface area (Å²) in [5, 5.41) is 25.9. The van der Waals surface area contributed by atoms with Crippen molar-refractivity contribution in [1.29, 1.82) is 4.78 Å². The minimum absolute atomic E-state index is 0.242. The lowest BCUT2D eigenvalue weighted by molar-refractivity contribution is -0.126. The highest BCUT2D eigenvalue weighted by atomic mass is 32.2. The number of rotatable bonds is 16. The first-order valence-corrected chi connectivity index (χ1v) is 16.9. The van der Waals surface area contributed by atoms with Gasteiger partial charge in [-0.2, -0.15) is 0 Å². The summed E-state index contributed by atoms with van der Waals surface area (Å²) < 4.78 is 23.0. The number of amides is 2. The van der Waals surface area contributed by atoms with Crippen molar-refractivity contribution in [2.24, 2.45) is 11.8 Å². The lowest BCUT2D eigenvalue weighted by Crippen LogP contribution is -2.42. The molecule has 8 nitrogen and oxygen atoms in total. The van der Waals surface area contributed by atoms with Gasteiger partial charge in [-0.15, -0.1) is 0 Å². The molecular weight excluding hydrogens is 586 g/mol. The van der Waals surface area contributed by atoms with Crippen LogP contribution in [-0.2, 0) is 32.2 Å². The quantitative estimate of drug-likeness (QED) is 0.125. The van der Waals surface area contributed by atoms with E-state index in [9.17, 15) is 24.0 Å². The molecular formula is C36H41N3O5S. The van der Waals surface area contributed by atoms with Crippen LogP contribution in [0.3, 0.4) is 0 Å². The SMILES string of the molecule is N=S(=O)(C[C@@H](Cc1ccccc1)C(=O)NC(CO)c1ccccc1)C[C@@H](Cc1ccccc1)C(=O)N[C@H](CO)c1ccccc1. The molecule has 4 aromatic rings. The van der Waals surface area contributed by atoms with Crippen LogP contribution in [0, 0.1) is 16.6 Å². The van der Waals surface area contributed by atoms with Gasteiger partial charge in [0.1, 0.15) is 0 Å². The van der Waals surface area contributed by atoms with Gasteiger partial charge in [0.05, 0.1) is 37.1 Å². The first kappa shape index (κ1) is 33.6. The number of carbonyl (C=O) groups excluding carboxylic acids is 2. The number of aliphatic hydroxyl groups is 2. The zero-order valence-electron chi connectivity index (χ0n) is 25.1. The maximum absolute atomic E-state index is 14.1. The van der Waals surface area contributed by atoms with Gasteiger partial charge in [0.25, 0.3) is 0 Å². The number of benzene rings is 4. The van der Waals surface area contributed by atoms with E-state index in [2.05, 4.69) is 10.6 Å². The van der Waals surface area contributed by atoms with Gasteiger partial charge in [-0.25, -0.2) is 4.21 Å². The standard InChI is InChI=1S/C36H41N3O5S/c37-45(44,25-31(21-27-13-5-1-6-14-27)35(42)38-33(23-40)29-17-9-3-10-18-29)26-32(22-28-15-7-2-8-16-28)36(43)39-34(24-41)30-19-11-4-12-20-30/h1-20,31-34,37,40-41H,21-26H2,(H,38,42)(H,39,43)/t31-,32-,33-,34?,45?/m1/s1. The number of hydrogen-bond donors (Lipinski definition) is 5. The maximum Gasteiger partial charge on any atom is 0.224 e. The van der Waals surface area contributed by atoms with Crippen LogP contribution in [-0.4, -0.2) is 51.0 Å². The van der Waals surface area contributed by atoms with Crippen LogP contribution in [0.15, 0.2) is 121 Å². The van der Waals surface area contributed by atoms with Crippen LogP contribution in [0.4, 0.5) is 0 Å². The molecule has 4 rings (SSSR count). The van der Waals surface area contributed by atoms with Crippen molar-refractivity contribution in [2.45, 2.75) is 24.9 Å². The summed E-state index contributed by atoms with van der Waals surface area (Å²) >= 11 is 0. The molecule has 0 aliphatic carbocycles. The molecule has 0 aromatic heterocycles. The van der Waals surface area contributed by atoms with Gasteiger partial charge >= 0.3 is 0 Å². The molecule has 0 spiro atoms. The molecule has 45 heavy (non-hydrogen) atoms. The Hall–Kier alpha value is -4.31. The topological polar surface area (TPSA) is 140 Å². The number of hydrogen-bond acceptors (Lipinski definition) is 6. The molecule has 0 radical (unpaired) electrons. The fourth-order valence-electron chi connectivity index (χ4n) is 5.39. The van der Waals surface area contributed by atoms with E-state index in [0.29, 0.717) is 0 Å². The molecule has 236 valence electrons. The van der Waals surface area contributed by atoms with Crippen molar-refractivity contribution < 1.29 is 24.0 Å². The van der Waals surface area contributed by atoms with Gasteiger partial charge < -0.3 is 20.8 Å². The number of aliphatic hydroxyl groups excluding tert-OH is 2. The van der Waals surface area contributed by atoms with E-state index in [4.69, 9.17) is 4.78 Å². The summed E-state index contributed by atoms with van der Waals surface area (Å²) in [5.74, 6) is -3.05.